The van der Waals surface area contributed by atoms with Crippen molar-refractivity contribution in [1.82, 2.24) is 15.2 Å². The SMILES string of the molecule is Cc1cccc(-c2nnc(S[C@@H](C)C(=O)Nc3cccnc3Cl)o2)c1. The van der Waals surface area contributed by atoms with Crippen molar-refractivity contribution in [1.29, 1.82) is 0 Å². The number of halogens is 1. The lowest BCUT2D eigenvalue weighted by atomic mass is 10.1. The van der Waals surface area contributed by atoms with Gasteiger partial charge in [0, 0.05) is 11.8 Å². The molecule has 128 valence electrons. The number of aryl methyl sites for hydroxylation is 1. The standard InChI is InChI=1S/C17H15ClN4O2S/c1-10-5-3-6-12(9-10)16-21-22-17(24-16)25-11(2)15(23)20-13-7-4-8-19-14(13)18/h3-9,11H,1-2H3,(H,20,23)/t11-/m0/s1. The van der Waals surface area contributed by atoms with Crippen LogP contribution in [0.4, 0.5) is 5.69 Å². The van der Waals surface area contributed by atoms with E-state index < -0.39 is 5.25 Å². The van der Waals surface area contributed by atoms with Crippen LogP contribution in [0.15, 0.2) is 52.2 Å². The van der Waals surface area contributed by atoms with Crippen LogP contribution >= 0.6 is 23.4 Å². The molecular weight excluding hydrogens is 360 g/mol. The number of benzene rings is 1. The van der Waals surface area contributed by atoms with Crippen LogP contribution < -0.4 is 5.32 Å². The first-order valence-corrected chi connectivity index (χ1v) is 8.77. The molecule has 2 aromatic heterocycles. The minimum absolute atomic E-state index is 0.227. The fourth-order valence-corrected chi connectivity index (χ4v) is 2.92. The van der Waals surface area contributed by atoms with Crippen LogP contribution in [0.1, 0.15) is 12.5 Å². The van der Waals surface area contributed by atoms with Crippen molar-refractivity contribution in [3.63, 3.8) is 0 Å². The van der Waals surface area contributed by atoms with E-state index in [0.717, 1.165) is 11.1 Å². The summed E-state index contributed by atoms with van der Waals surface area (Å²) in [7, 11) is 0. The number of nitrogens with one attached hydrogen (secondary N) is 1. The second-order valence-corrected chi connectivity index (χ2v) is 6.98. The van der Waals surface area contributed by atoms with E-state index in [2.05, 4.69) is 20.5 Å². The van der Waals surface area contributed by atoms with Crippen LogP contribution in [-0.2, 0) is 4.79 Å². The van der Waals surface area contributed by atoms with Crippen molar-refractivity contribution in [2.24, 2.45) is 0 Å². The van der Waals surface area contributed by atoms with Gasteiger partial charge in [-0.1, -0.05) is 41.1 Å². The van der Waals surface area contributed by atoms with E-state index in [1.165, 1.54) is 11.8 Å². The van der Waals surface area contributed by atoms with Crippen LogP contribution in [0.5, 0.6) is 0 Å². The molecule has 0 saturated carbocycles. The average Bonchev–Trinajstić information content (AvgIpc) is 3.05. The molecule has 8 heteroatoms. The highest BCUT2D eigenvalue weighted by Crippen LogP contribution is 2.27. The number of amides is 1. The maximum absolute atomic E-state index is 12.3. The molecule has 25 heavy (non-hydrogen) atoms. The van der Waals surface area contributed by atoms with Gasteiger partial charge in [0.1, 0.15) is 0 Å². The van der Waals surface area contributed by atoms with E-state index in [9.17, 15) is 4.79 Å². The number of carbonyl (C=O) groups excluding carboxylic acids is 1. The van der Waals surface area contributed by atoms with Gasteiger partial charge in [0.05, 0.1) is 10.9 Å². The van der Waals surface area contributed by atoms with Crippen LogP contribution in [0.25, 0.3) is 11.5 Å². The fourth-order valence-electron chi connectivity index (χ4n) is 2.07. The molecule has 0 unspecified atom stereocenters. The van der Waals surface area contributed by atoms with Gasteiger partial charge in [0.15, 0.2) is 5.15 Å². The summed E-state index contributed by atoms with van der Waals surface area (Å²) in [5.74, 6) is 0.198. The minimum atomic E-state index is -0.443. The lowest BCUT2D eigenvalue weighted by molar-refractivity contribution is -0.115. The number of aromatic nitrogens is 3. The first-order valence-electron chi connectivity index (χ1n) is 7.51. The van der Waals surface area contributed by atoms with Crippen LogP contribution in [0, 0.1) is 6.92 Å². The smallest absolute Gasteiger partial charge is 0.277 e. The summed E-state index contributed by atoms with van der Waals surface area (Å²) >= 11 is 7.12. The molecule has 0 aliphatic heterocycles. The molecule has 1 amide bonds. The molecule has 0 radical (unpaired) electrons. The van der Waals surface area contributed by atoms with Gasteiger partial charge >= 0.3 is 0 Å². The second-order valence-electron chi connectivity index (χ2n) is 5.33. The summed E-state index contributed by atoms with van der Waals surface area (Å²) in [5.41, 5.74) is 2.41. The quantitative estimate of drug-likeness (QED) is 0.532. The molecule has 0 fully saturated rings. The van der Waals surface area contributed by atoms with Crippen LogP contribution in [0.3, 0.4) is 0 Å². The van der Waals surface area contributed by atoms with E-state index in [4.69, 9.17) is 16.0 Å². The summed E-state index contributed by atoms with van der Waals surface area (Å²) in [4.78, 5) is 16.2. The summed E-state index contributed by atoms with van der Waals surface area (Å²) in [6, 6.07) is 11.2. The number of nitrogens with zero attached hydrogens (tertiary/aromatic N) is 3. The summed E-state index contributed by atoms with van der Waals surface area (Å²) < 4.78 is 5.64. The predicted octanol–water partition coefficient (Wildman–Crippen LogP) is 4.21. The maximum Gasteiger partial charge on any atom is 0.277 e. The van der Waals surface area contributed by atoms with E-state index in [1.807, 2.05) is 31.2 Å². The number of pyridine rings is 1. The predicted molar refractivity (Wildman–Crippen MR) is 97.7 cm³/mol. The number of anilines is 1. The molecule has 3 rings (SSSR count). The first-order chi connectivity index (χ1) is 12.0. The average molecular weight is 375 g/mol. The number of hydrogen-bond donors (Lipinski definition) is 1. The molecule has 0 bridgehead atoms. The Bertz CT molecular complexity index is 900. The van der Waals surface area contributed by atoms with Gasteiger partial charge in [-0.15, -0.1) is 10.2 Å². The summed E-state index contributed by atoms with van der Waals surface area (Å²) in [5, 5.41) is 10.9. The van der Waals surface area contributed by atoms with E-state index in [1.54, 1.807) is 25.3 Å². The third-order valence-electron chi connectivity index (χ3n) is 3.34. The molecule has 0 aliphatic carbocycles. The highest BCUT2D eigenvalue weighted by atomic mass is 35.5. The van der Waals surface area contributed by atoms with Crippen LogP contribution in [0.2, 0.25) is 5.15 Å². The summed E-state index contributed by atoms with van der Waals surface area (Å²) in [6.45, 7) is 3.74. The third kappa shape index (κ3) is 4.37. The first kappa shape index (κ1) is 17.4. The van der Waals surface area contributed by atoms with Gasteiger partial charge < -0.3 is 9.73 Å². The highest BCUT2D eigenvalue weighted by molar-refractivity contribution is 8.00. The zero-order valence-electron chi connectivity index (χ0n) is 13.6. The Kier molecular flexibility index (Phi) is 5.35. The molecule has 6 nitrogen and oxygen atoms in total. The van der Waals surface area contributed by atoms with Gasteiger partial charge in [-0.2, -0.15) is 0 Å². The van der Waals surface area contributed by atoms with Gasteiger partial charge in [-0.05, 0) is 38.1 Å². The Labute approximate surface area is 154 Å². The van der Waals surface area contributed by atoms with Crippen LogP contribution in [-0.4, -0.2) is 26.3 Å². The molecule has 1 aromatic carbocycles. The fraction of sp³-hybridized carbons (Fsp3) is 0.176. The summed E-state index contributed by atoms with van der Waals surface area (Å²) in [6.07, 6.45) is 1.56. The lowest BCUT2D eigenvalue weighted by Crippen LogP contribution is -2.22. The van der Waals surface area contributed by atoms with Crippen molar-refractivity contribution in [3.8, 4) is 11.5 Å². The van der Waals surface area contributed by atoms with Crippen molar-refractivity contribution in [2.75, 3.05) is 5.32 Å². The van der Waals surface area contributed by atoms with Gasteiger partial charge in [0.2, 0.25) is 11.8 Å². The topological polar surface area (TPSA) is 80.9 Å². The normalized spacial score (nSPS) is 12.0. The molecule has 1 N–H and O–H groups in total. The Morgan fingerprint density at radius 2 is 2.12 bits per heavy atom. The minimum Gasteiger partial charge on any atom is -0.411 e. The van der Waals surface area contributed by atoms with E-state index in [-0.39, 0.29) is 11.1 Å². The van der Waals surface area contributed by atoms with Gasteiger partial charge in [-0.25, -0.2) is 4.98 Å². The number of carbonyl (C=O) groups is 1. The molecule has 1 atom stereocenters. The molecule has 3 aromatic rings. The van der Waals surface area contributed by atoms with Crippen molar-refractivity contribution >= 4 is 35.0 Å². The van der Waals surface area contributed by atoms with Crippen molar-refractivity contribution < 1.29 is 9.21 Å². The number of rotatable bonds is 5. The van der Waals surface area contributed by atoms with Gasteiger partial charge in [-0.3, -0.25) is 4.79 Å². The second kappa shape index (κ2) is 7.67. The van der Waals surface area contributed by atoms with E-state index in [0.29, 0.717) is 16.8 Å². The Morgan fingerprint density at radius 3 is 2.88 bits per heavy atom. The lowest BCUT2D eigenvalue weighted by Gasteiger charge is -2.10. The zero-order chi connectivity index (χ0) is 17.8. The maximum atomic E-state index is 12.3. The van der Waals surface area contributed by atoms with Crippen molar-refractivity contribution in [3.05, 3.63) is 53.3 Å². The number of thioether (sulfide) groups is 1. The third-order valence-corrected chi connectivity index (χ3v) is 4.57. The van der Waals surface area contributed by atoms with Gasteiger partial charge in [0.25, 0.3) is 5.22 Å². The molecule has 0 saturated heterocycles. The zero-order valence-corrected chi connectivity index (χ0v) is 15.1. The number of hydrogen-bond acceptors (Lipinski definition) is 6. The largest absolute Gasteiger partial charge is 0.411 e. The molecule has 0 spiro atoms. The Morgan fingerprint density at radius 1 is 1.28 bits per heavy atom. The Hall–Kier alpha value is -2.38. The molecule has 2 heterocycles. The molecular formula is C17H15ClN4O2S. The van der Waals surface area contributed by atoms with Crippen molar-refractivity contribution in [2.45, 2.75) is 24.3 Å². The van der Waals surface area contributed by atoms with E-state index >= 15 is 0 Å². The Balaban J connectivity index is 1.66. The monoisotopic (exact) mass is 374 g/mol. The molecule has 0 aliphatic rings. The highest BCUT2D eigenvalue weighted by Gasteiger charge is 2.19.